The fourth-order valence-corrected chi connectivity index (χ4v) is 4.17. The lowest BCUT2D eigenvalue weighted by Crippen LogP contribution is -2.41. The number of amides is 1. The Morgan fingerprint density at radius 2 is 1.94 bits per heavy atom. The minimum absolute atomic E-state index is 0.00449. The van der Waals surface area contributed by atoms with Crippen LogP contribution in [0, 0.1) is 24.4 Å². The molecule has 0 spiro atoms. The highest BCUT2D eigenvalue weighted by atomic mass is 19.2. The Bertz CT molecular complexity index is 1230. The van der Waals surface area contributed by atoms with Crippen LogP contribution in [0.4, 0.5) is 13.2 Å². The molecule has 6 nitrogen and oxygen atoms in total. The number of benzene rings is 2. The molecule has 1 amide bonds. The number of likely N-dealkylation sites (tertiary alicyclic amines) is 1. The third kappa shape index (κ3) is 4.56. The molecule has 178 valence electrons. The summed E-state index contributed by atoms with van der Waals surface area (Å²) in [6, 6.07) is 6.14. The summed E-state index contributed by atoms with van der Waals surface area (Å²) < 4.78 is 48.3. The highest BCUT2D eigenvalue weighted by molar-refractivity contribution is 5.98. The van der Waals surface area contributed by atoms with Crippen molar-refractivity contribution in [3.8, 4) is 11.4 Å². The first kappa shape index (κ1) is 23.6. The molecule has 1 aliphatic rings. The molecule has 1 aromatic heterocycles. The Morgan fingerprint density at radius 3 is 2.56 bits per heavy atom. The fraction of sp³-hybridized carbons (Fsp3) is 0.280. The van der Waals surface area contributed by atoms with E-state index in [4.69, 9.17) is 4.74 Å². The molecular formula is C25H24F3N3O3. The number of aryl methyl sites for hydroxylation is 1. The number of aromatic nitrogens is 2. The number of imidazole rings is 1. The van der Waals surface area contributed by atoms with Gasteiger partial charge in [0.2, 0.25) is 5.91 Å². The topological polar surface area (TPSA) is 67.6 Å². The van der Waals surface area contributed by atoms with Gasteiger partial charge in [0.1, 0.15) is 5.75 Å². The second-order valence-corrected chi connectivity index (χ2v) is 8.12. The summed E-state index contributed by atoms with van der Waals surface area (Å²) in [5.74, 6) is -4.08. The van der Waals surface area contributed by atoms with E-state index in [9.17, 15) is 23.1 Å². The zero-order valence-corrected chi connectivity index (χ0v) is 18.8. The van der Waals surface area contributed by atoms with Gasteiger partial charge in [-0.3, -0.25) is 4.79 Å². The Morgan fingerprint density at radius 1 is 1.21 bits per heavy atom. The normalized spacial score (nSPS) is 16.2. The van der Waals surface area contributed by atoms with Crippen molar-refractivity contribution in [3.05, 3.63) is 82.7 Å². The van der Waals surface area contributed by atoms with Crippen LogP contribution in [0.15, 0.2) is 48.4 Å². The van der Waals surface area contributed by atoms with Gasteiger partial charge in [-0.15, -0.1) is 0 Å². The maximum atomic E-state index is 13.8. The van der Waals surface area contributed by atoms with Crippen LogP contribution in [0.5, 0.6) is 5.75 Å². The smallest absolute Gasteiger partial charge is 0.250 e. The number of carbonyl (C=O) groups excluding carboxylic acids is 1. The minimum Gasteiger partial charge on any atom is -0.495 e. The number of methoxy groups -OCH3 is 1. The van der Waals surface area contributed by atoms with E-state index < -0.39 is 30.1 Å². The summed E-state index contributed by atoms with van der Waals surface area (Å²) >= 11 is 0. The Kier molecular flexibility index (Phi) is 6.74. The summed E-state index contributed by atoms with van der Waals surface area (Å²) in [6.07, 6.45) is 6.40. The number of rotatable bonds is 6. The van der Waals surface area contributed by atoms with E-state index in [0.29, 0.717) is 30.7 Å². The summed E-state index contributed by atoms with van der Waals surface area (Å²) in [6.45, 7) is 1.62. The molecule has 0 bridgehead atoms. The number of hydrogen-bond acceptors (Lipinski definition) is 4. The average molecular weight is 471 g/mol. The molecule has 34 heavy (non-hydrogen) atoms. The number of aliphatic hydroxyl groups excluding tert-OH is 1. The van der Waals surface area contributed by atoms with Crippen molar-refractivity contribution in [2.24, 2.45) is 0 Å². The van der Waals surface area contributed by atoms with Gasteiger partial charge in [-0.25, -0.2) is 18.2 Å². The van der Waals surface area contributed by atoms with E-state index in [2.05, 4.69) is 4.98 Å². The Labute approximate surface area is 194 Å². The number of ether oxygens (including phenoxy) is 1. The molecular weight excluding hydrogens is 447 g/mol. The van der Waals surface area contributed by atoms with Crippen molar-refractivity contribution in [1.29, 1.82) is 0 Å². The molecule has 1 atom stereocenters. The van der Waals surface area contributed by atoms with Crippen molar-refractivity contribution >= 4 is 12.0 Å². The lowest BCUT2D eigenvalue weighted by atomic mass is 9.96. The number of halogens is 3. The standard InChI is InChI=1S/C25H24F3N3O3/c1-15-12-30(14-29-15)21-6-5-16(9-23(21)34-2)8-17-4-3-7-31(25(17)33)22(13-32)18-10-19(26)24(28)20(27)11-18/h5-6,8-12,14,22,32H,3-4,7,13H2,1-2H3/t22-/m1/s1. The molecule has 1 N–H and O–H groups in total. The highest BCUT2D eigenvalue weighted by Crippen LogP contribution is 2.31. The molecule has 1 saturated heterocycles. The van der Waals surface area contributed by atoms with Crippen molar-refractivity contribution in [2.45, 2.75) is 25.8 Å². The summed E-state index contributed by atoms with van der Waals surface area (Å²) in [5.41, 5.74) is 2.88. The molecule has 0 aliphatic carbocycles. The quantitative estimate of drug-likeness (QED) is 0.429. The second-order valence-electron chi connectivity index (χ2n) is 8.12. The maximum absolute atomic E-state index is 13.8. The van der Waals surface area contributed by atoms with Gasteiger partial charge in [0.05, 0.1) is 37.5 Å². The van der Waals surface area contributed by atoms with Crippen LogP contribution in [-0.4, -0.2) is 45.7 Å². The minimum atomic E-state index is -1.59. The van der Waals surface area contributed by atoms with Gasteiger partial charge in [0, 0.05) is 18.3 Å². The molecule has 9 heteroatoms. The van der Waals surface area contributed by atoms with E-state index in [-0.39, 0.29) is 11.5 Å². The third-order valence-electron chi connectivity index (χ3n) is 5.86. The first-order valence-electron chi connectivity index (χ1n) is 10.8. The first-order chi connectivity index (χ1) is 16.3. The van der Waals surface area contributed by atoms with Gasteiger partial charge in [-0.05, 0) is 61.2 Å². The maximum Gasteiger partial charge on any atom is 0.250 e. The summed E-state index contributed by atoms with van der Waals surface area (Å²) in [5, 5.41) is 9.91. The fourth-order valence-electron chi connectivity index (χ4n) is 4.17. The van der Waals surface area contributed by atoms with Gasteiger partial charge < -0.3 is 19.3 Å². The van der Waals surface area contributed by atoms with Gasteiger partial charge in [0.25, 0.3) is 0 Å². The summed E-state index contributed by atoms with van der Waals surface area (Å²) in [7, 11) is 1.56. The molecule has 0 saturated carbocycles. The predicted octanol–water partition coefficient (Wildman–Crippen LogP) is 4.35. The third-order valence-corrected chi connectivity index (χ3v) is 5.86. The van der Waals surface area contributed by atoms with E-state index in [1.807, 2.05) is 29.8 Å². The largest absolute Gasteiger partial charge is 0.495 e. The molecule has 2 heterocycles. The molecule has 0 radical (unpaired) electrons. The van der Waals surface area contributed by atoms with Crippen LogP contribution in [0.25, 0.3) is 11.8 Å². The monoisotopic (exact) mass is 471 g/mol. The summed E-state index contributed by atoms with van der Waals surface area (Å²) in [4.78, 5) is 18.8. The van der Waals surface area contributed by atoms with Crippen LogP contribution < -0.4 is 4.74 Å². The molecule has 2 aromatic carbocycles. The van der Waals surface area contributed by atoms with Crippen LogP contribution in [0.3, 0.4) is 0 Å². The molecule has 3 aromatic rings. The number of piperidine rings is 1. The zero-order valence-electron chi connectivity index (χ0n) is 18.8. The number of carbonyl (C=O) groups is 1. The van der Waals surface area contributed by atoms with E-state index in [1.165, 1.54) is 4.90 Å². The molecule has 1 fully saturated rings. The molecule has 1 aliphatic heterocycles. The van der Waals surface area contributed by atoms with Crippen LogP contribution in [0.1, 0.15) is 35.7 Å². The predicted molar refractivity (Wildman–Crippen MR) is 120 cm³/mol. The van der Waals surface area contributed by atoms with Crippen LogP contribution in [0.2, 0.25) is 0 Å². The first-order valence-corrected chi connectivity index (χ1v) is 10.8. The second kappa shape index (κ2) is 9.72. The van der Waals surface area contributed by atoms with Gasteiger partial charge in [-0.1, -0.05) is 6.07 Å². The van der Waals surface area contributed by atoms with Crippen LogP contribution in [-0.2, 0) is 4.79 Å². The Balaban J connectivity index is 1.63. The van der Waals surface area contributed by atoms with Gasteiger partial charge in [0.15, 0.2) is 17.5 Å². The van der Waals surface area contributed by atoms with Crippen LogP contribution >= 0.6 is 0 Å². The molecule has 0 unspecified atom stereocenters. The van der Waals surface area contributed by atoms with Gasteiger partial charge >= 0.3 is 0 Å². The Hall–Kier alpha value is -3.59. The lowest BCUT2D eigenvalue weighted by Gasteiger charge is -2.35. The van der Waals surface area contributed by atoms with E-state index >= 15 is 0 Å². The van der Waals surface area contributed by atoms with Crippen molar-refractivity contribution in [3.63, 3.8) is 0 Å². The number of hydrogen-bond donors (Lipinski definition) is 1. The van der Waals surface area contributed by atoms with E-state index in [1.54, 1.807) is 25.6 Å². The lowest BCUT2D eigenvalue weighted by molar-refractivity contribution is -0.132. The number of nitrogens with zero attached hydrogens (tertiary/aromatic N) is 3. The van der Waals surface area contributed by atoms with Crippen molar-refractivity contribution in [1.82, 2.24) is 14.5 Å². The van der Waals surface area contributed by atoms with Crippen molar-refractivity contribution < 1.29 is 27.8 Å². The average Bonchev–Trinajstić information content (AvgIpc) is 3.26. The SMILES string of the molecule is COc1cc(C=C2CCCN([C@H](CO)c3cc(F)c(F)c(F)c3)C2=O)ccc1-n1cnc(C)c1. The number of aliphatic hydroxyl groups is 1. The van der Waals surface area contributed by atoms with E-state index in [0.717, 1.165) is 29.1 Å². The van der Waals surface area contributed by atoms with Gasteiger partial charge in [-0.2, -0.15) is 0 Å². The zero-order chi connectivity index (χ0) is 24.4. The highest BCUT2D eigenvalue weighted by Gasteiger charge is 2.31. The van der Waals surface area contributed by atoms with Crippen molar-refractivity contribution in [2.75, 3.05) is 20.3 Å². The molecule has 4 rings (SSSR count).